The first-order chi connectivity index (χ1) is 18.1. The molecule has 38 heavy (non-hydrogen) atoms. The molecule has 1 heterocycles. The summed E-state index contributed by atoms with van der Waals surface area (Å²) in [5.41, 5.74) is 10.5. The van der Waals surface area contributed by atoms with E-state index in [4.69, 9.17) is 25.8 Å². The lowest BCUT2D eigenvalue weighted by Crippen LogP contribution is -2.21. The Hall–Kier alpha value is -4.87. The van der Waals surface area contributed by atoms with E-state index in [1.165, 1.54) is 5.56 Å². The Morgan fingerprint density at radius 2 is 1.74 bits per heavy atom. The van der Waals surface area contributed by atoms with Crippen LogP contribution < -0.4 is 11.1 Å². The number of aromatic nitrogens is 3. The van der Waals surface area contributed by atoms with E-state index in [-0.39, 0.29) is 11.9 Å². The third kappa shape index (κ3) is 7.32. The number of oxime groups is 1. The van der Waals surface area contributed by atoms with Gasteiger partial charge in [-0.2, -0.15) is 18.3 Å². The first kappa shape index (κ1) is 27.7. The van der Waals surface area contributed by atoms with Crippen LogP contribution in [0.5, 0.6) is 0 Å². The van der Waals surface area contributed by atoms with Gasteiger partial charge in [-0.3, -0.25) is 5.10 Å². The molecule has 4 rings (SSSR count). The highest BCUT2D eigenvalue weighted by Gasteiger charge is 2.38. The van der Waals surface area contributed by atoms with E-state index in [1.54, 1.807) is 12.1 Å². The predicted octanol–water partition coefficient (Wildman–Crippen LogP) is 4.96. The number of nitrogens with two attached hydrogens (primary N) is 1. The molecule has 0 bridgehead atoms. The Kier molecular flexibility index (Phi) is 9.04. The van der Waals surface area contributed by atoms with Crippen LogP contribution in [-0.4, -0.2) is 43.5 Å². The van der Waals surface area contributed by atoms with E-state index >= 15 is 0 Å². The highest BCUT2D eigenvalue weighted by Crippen LogP contribution is 2.27. The summed E-state index contributed by atoms with van der Waals surface area (Å²) < 4.78 is 31.7. The fourth-order valence-electron chi connectivity index (χ4n) is 3.38. The maximum atomic E-state index is 10.6. The second-order valence-electron chi connectivity index (χ2n) is 7.95. The van der Waals surface area contributed by atoms with Crippen LogP contribution in [0.3, 0.4) is 0 Å². The number of alkyl halides is 3. The van der Waals surface area contributed by atoms with Crippen molar-refractivity contribution in [2.45, 2.75) is 25.6 Å². The summed E-state index contributed by atoms with van der Waals surface area (Å²) in [5, 5.41) is 30.1. The van der Waals surface area contributed by atoms with Gasteiger partial charge in [0.25, 0.3) is 0 Å². The molecule has 198 valence electrons. The normalized spacial score (nSPS) is 12.3. The smallest absolute Gasteiger partial charge is 0.475 e. The average Bonchev–Trinajstić information content (AvgIpc) is 3.42. The van der Waals surface area contributed by atoms with Crippen molar-refractivity contribution in [1.29, 1.82) is 0 Å². The number of benzene rings is 3. The summed E-state index contributed by atoms with van der Waals surface area (Å²) >= 11 is 0. The van der Waals surface area contributed by atoms with Crippen molar-refractivity contribution in [3.05, 3.63) is 101 Å². The molecule has 0 aliphatic carbocycles. The molecule has 6 N–H and O–H groups in total. The number of nitrogens with one attached hydrogen (secondary N) is 2. The van der Waals surface area contributed by atoms with Crippen molar-refractivity contribution in [1.82, 2.24) is 15.2 Å². The Balaban J connectivity index is 0.000000505. The van der Waals surface area contributed by atoms with E-state index < -0.39 is 12.1 Å². The molecule has 0 spiro atoms. The second kappa shape index (κ2) is 12.4. The van der Waals surface area contributed by atoms with Gasteiger partial charge in [-0.15, -0.1) is 0 Å². The molecule has 1 unspecified atom stereocenters. The number of carboxylic acid groups (broad SMARTS) is 1. The first-order valence-electron chi connectivity index (χ1n) is 11.3. The van der Waals surface area contributed by atoms with E-state index in [2.05, 4.69) is 51.9 Å². The number of hydrogen-bond donors (Lipinski definition) is 5. The molecule has 0 amide bonds. The van der Waals surface area contributed by atoms with Gasteiger partial charge in [0.15, 0.2) is 17.5 Å². The zero-order valence-electron chi connectivity index (χ0n) is 20.1. The number of nitrogens with zero attached hydrogens (tertiary/aromatic N) is 3. The topological polar surface area (TPSA) is 150 Å². The summed E-state index contributed by atoms with van der Waals surface area (Å²) in [7, 11) is 0. The minimum Gasteiger partial charge on any atom is -0.475 e. The molecule has 0 aliphatic heterocycles. The van der Waals surface area contributed by atoms with Crippen LogP contribution in [0.2, 0.25) is 0 Å². The average molecular weight is 527 g/mol. The number of H-pyrrole nitrogens is 1. The van der Waals surface area contributed by atoms with Crippen molar-refractivity contribution in [3.63, 3.8) is 0 Å². The largest absolute Gasteiger partial charge is 0.490 e. The van der Waals surface area contributed by atoms with Crippen LogP contribution in [-0.2, 0) is 11.2 Å². The maximum absolute atomic E-state index is 10.6. The quantitative estimate of drug-likeness (QED) is 0.0988. The number of amidine groups is 1. The number of carboxylic acids is 1. The third-order valence-corrected chi connectivity index (χ3v) is 5.34. The number of carbonyl (C=O) groups is 1. The molecule has 0 saturated carbocycles. The van der Waals surface area contributed by atoms with Gasteiger partial charge in [-0.1, -0.05) is 66.7 Å². The van der Waals surface area contributed by atoms with Crippen molar-refractivity contribution < 1.29 is 28.3 Å². The van der Waals surface area contributed by atoms with Crippen LogP contribution in [0.25, 0.3) is 11.4 Å². The summed E-state index contributed by atoms with van der Waals surface area (Å²) in [6.07, 6.45) is -4.14. The molecule has 9 nitrogen and oxygen atoms in total. The predicted molar refractivity (Wildman–Crippen MR) is 136 cm³/mol. The molecule has 1 aromatic heterocycles. The van der Waals surface area contributed by atoms with E-state index in [9.17, 15) is 13.2 Å². The molecular formula is C26H25F3N6O3. The molecule has 0 fully saturated rings. The van der Waals surface area contributed by atoms with Gasteiger partial charge in [0.2, 0.25) is 0 Å². The SMILES string of the molecule is CCc1cccc(C(Nc2ccc(/C(N)=N/O)cc2)c2nc(-c3ccccc3)n[nH]2)c1.O=C(O)C(F)(F)F. The van der Waals surface area contributed by atoms with Crippen molar-refractivity contribution in [3.8, 4) is 11.4 Å². The monoisotopic (exact) mass is 526 g/mol. The van der Waals surface area contributed by atoms with Gasteiger partial charge < -0.3 is 21.4 Å². The number of hydrogen-bond acceptors (Lipinski definition) is 6. The zero-order chi connectivity index (χ0) is 27.7. The lowest BCUT2D eigenvalue weighted by atomic mass is 10.0. The summed E-state index contributed by atoms with van der Waals surface area (Å²) in [6.45, 7) is 2.13. The molecule has 1 atom stereocenters. The van der Waals surface area contributed by atoms with Gasteiger partial charge in [-0.05, 0) is 41.8 Å². The molecule has 12 heteroatoms. The Bertz CT molecular complexity index is 1370. The van der Waals surface area contributed by atoms with Crippen LogP contribution in [0, 0.1) is 0 Å². The zero-order valence-corrected chi connectivity index (χ0v) is 20.1. The minimum absolute atomic E-state index is 0.0708. The highest BCUT2D eigenvalue weighted by molar-refractivity contribution is 5.97. The van der Waals surface area contributed by atoms with Crippen LogP contribution in [0.1, 0.15) is 35.5 Å². The number of aryl methyl sites for hydroxylation is 1. The van der Waals surface area contributed by atoms with Crippen LogP contribution >= 0.6 is 0 Å². The number of aromatic amines is 1. The van der Waals surface area contributed by atoms with Gasteiger partial charge in [0, 0.05) is 16.8 Å². The minimum atomic E-state index is -5.08. The highest BCUT2D eigenvalue weighted by atomic mass is 19.4. The summed E-state index contributed by atoms with van der Waals surface area (Å²) in [6, 6.07) is 25.4. The molecular weight excluding hydrogens is 501 g/mol. The lowest BCUT2D eigenvalue weighted by Gasteiger charge is -2.19. The molecule has 0 aliphatic rings. The summed E-state index contributed by atoms with van der Waals surface area (Å²) in [5.74, 6) is -1.32. The fraction of sp³-hybridized carbons (Fsp3) is 0.154. The Morgan fingerprint density at radius 3 is 2.32 bits per heavy atom. The second-order valence-corrected chi connectivity index (χ2v) is 7.95. The first-order valence-corrected chi connectivity index (χ1v) is 11.3. The Labute approximate surface area is 215 Å². The number of rotatable bonds is 7. The van der Waals surface area contributed by atoms with Crippen LogP contribution in [0.4, 0.5) is 18.9 Å². The maximum Gasteiger partial charge on any atom is 0.490 e. The summed E-state index contributed by atoms with van der Waals surface area (Å²) in [4.78, 5) is 13.7. The fourth-order valence-corrected chi connectivity index (χ4v) is 3.38. The number of aliphatic carboxylic acids is 1. The third-order valence-electron chi connectivity index (χ3n) is 5.34. The van der Waals surface area contributed by atoms with Crippen LogP contribution in [0.15, 0.2) is 84.0 Å². The molecule has 4 aromatic rings. The van der Waals surface area contributed by atoms with Gasteiger partial charge >= 0.3 is 12.1 Å². The van der Waals surface area contributed by atoms with Crippen molar-refractivity contribution >= 4 is 17.5 Å². The van der Waals surface area contributed by atoms with Crippen molar-refractivity contribution in [2.24, 2.45) is 10.9 Å². The van der Waals surface area contributed by atoms with E-state index in [0.29, 0.717) is 17.2 Å². The van der Waals surface area contributed by atoms with E-state index in [0.717, 1.165) is 23.2 Å². The number of anilines is 1. The van der Waals surface area contributed by atoms with Gasteiger partial charge in [0.05, 0.1) is 0 Å². The molecule has 0 saturated heterocycles. The molecule has 0 radical (unpaired) electrons. The standard InChI is InChI=1S/C24H24N6O.C2HF3O2/c1-2-16-7-6-10-19(15-16)21(26-20-13-11-17(12-14-20)22(25)30-31)24-27-23(28-29-24)18-8-4-3-5-9-18;3-2(4,5)1(6)7/h3-15,21,26,31H,2H2,1H3,(H2,25,30)(H,27,28,29);(H,6,7). The lowest BCUT2D eigenvalue weighted by molar-refractivity contribution is -0.192. The Morgan fingerprint density at radius 1 is 1.08 bits per heavy atom. The number of halogens is 3. The van der Waals surface area contributed by atoms with E-state index in [1.807, 2.05) is 42.5 Å². The van der Waals surface area contributed by atoms with Gasteiger partial charge in [0.1, 0.15) is 6.04 Å². The molecule has 3 aromatic carbocycles. The van der Waals surface area contributed by atoms with Crippen molar-refractivity contribution in [2.75, 3.05) is 5.32 Å². The van der Waals surface area contributed by atoms with Gasteiger partial charge in [-0.25, -0.2) is 9.78 Å².